The molecule has 0 unspecified atom stereocenters. The fourth-order valence-electron chi connectivity index (χ4n) is 14.8. The fraction of sp³-hybridized carbons (Fsp3) is 0.407. The summed E-state index contributed by atoms with van der Waals surface area (Å²) in [6, 6.07) is 39.9. The summed E-state index contributed by atoms with van der Waals surface area (Å²) in [4.78, 5) is 47.6. The smallest absolute Gasteiger partial charge is 0.230 e. The molecule has 3 atom stereocenters. The second-order valence-corrected chi connectivity index (χ2v) is 28.9. The summed E-state index contributed by atoms with van der Waals surface area (Å²) in [5.41, 5.74) is 20.1. The molecule has 6 aliphatic rings. The molecule has 28 heteroatoms. The number of hydrogen-bond acceptors (Lipinski definition) is 23. The van der Waals surface area contributed by atoms with Gasteiger partial charge in [0, 0.05) is 113 Å². The van der Waals surface area contributed by atoms with Crippen LogP contribution in [0.25, 0.3) is 11.4 Å². The van der Waals surface area contributed by atoms with Gasteiger partial charge in [0.2, 0.25) is 22.3 Å². The summed E-state index contributed by atoms with van der Waals surface area (Å²) in [7, 11) is 6.40. The Morgan fingerprint density at radius 2 is 0.991 bits per heavy atom. The number of nitrogens with one attached hydrogen (secondary N) is 2. The number of nitrogen functional groups attached to an aromatic ring is 1. The molecule has 16 rings (SSSR count). The Balaban J connectivity index is 0.000000138. The third-order valence-electron chi connectivity index (χ3n) is 20.6. The van der Waals surface area contributed by atoms with Gasteiger partial charge in [0.25, 0.3) is 0 Å². The first-order chi connectivity index (χ1) is 53.1. The van der Waals surface area contributed by atoms with Crippen molar-refractivity contribution in [2.75, 3.05) is 108 Å². The van der Waals surface area contributed by atoms with Crippen molar-refractivity contribution in [3.05, 3.63) is 218 Å². The minimum Gasteiger partial charge on any atom is -0.496 e. The molecule has 0 saturated carbocycles. The molecule has 6 aliphatic heterocycles. The van der Waals surface area contributed by atoms with Gasteiger partial charge in [0.05, 0.1) is 101 Å². The lowest BCUT2D eigenvalue weighted by molar-refractivity contribution is 0.240. The van der Waals surface area contributed by atoms with Gasteiger partial charge in [-0.25, -0.2) is 34.9 Å². The Hall–Kier alpha value is -9.25. The molecular weight excluding hydrogens is 1440 g/mol. The van der Waals surface area contributed by atoms with Crippen LogP contribution in [-0.4, -0.2) is 185 Å². The number of nitrogens with zero attached hydrogens (tertiary/aromatic N) is 15. The quantitative estimate of drug-likeness (QED) is 0.0324. The van der Waals surface area contributed by atoms with Crippen LogP contribution in [0.5, 0.6) is 23.0 Å². The molecule has 0 spiro atoms. The van der Waals surface area contributed by atoms with Gasteiger partial charge < -0.3 is 69.6 Å². The van der Waals surface area contributed by atoms with E-state index in [-0.39, 0.29) is 30.6 Å². The number of aliphatic hydroxyl groups is 3. The number of rotatable bonds is 19. The van der Waals surface area contributed by atoms with Gasteiger partial charge >= 0.3 is 0 Å². The highest BCUT2D eigenvalue weighted by atomic mass is 35.5. The van der Waals surface area contributed by atoms with E-state index < -0.39 is 0 Å². The average Bonchev–Trinajstić information content (AvgIpc) is 1.77. The van der Waals surface area contributed by atoms with Crippen LogP contribution in [0.15, 0.2) is 140 Å². The molecule has 11 heterocycles. The van der Waals surface area contributed by atoms with Crippen LogP contribution in [0.4, 0.5) is 29.2 Å². The molecule has 5 aromatic heterocycles. The first kappa shape index (κ1) is 79.3. The predicted octanol–water partition coefficient (Wildman–Crippen LogP) is 11.8. The van der Waals surface area contributed by atoms with E-state index in [2.05, 4.69) is 164 Å². The lowest BCUT2D eigenvalue weighted by Gasteiger charge is -2.33. The second-order valence-electron chi connectivity index (χ2n) is 27.9. The van der Waals surface area contributed by atoms with E-state index in [1.165, 1.54) is 34.2 Å². The van der Waals surface area contributed by atoms with Crippen LogP contribution in [0, 0.1) is 13.8 Å². The van der Waals surface area contributed by atoms with Gasteiger partial charge in [0.15, 0.2) is 17.3 Å². The van der Waals surface area contributed by atoms with Gasteiger partial charge in [0.1, 0.15) is 41.0 Å². The number of anilines is 5. The maximum atomic E-state index is 10.1. The average molecular weight is 1540 g/mol. The van der Waals surface area contributed by atoms with Crippen molar-refractivity contribution >= 4 is 64.0 Å². The SMILES string of the molecule is COc1cc(-n2cnc(N)c2)cc(OC)c1OC.COc1cc(-n2cnc(Nc3nc4c(c(N5CCC[C@H]5CO)n3)CCN(Cc3ccccc3)C4)c2)cc(C)c1C.Clc1nc(Cl)c2c(n1)CN(Cc1ccccc1)CC2.OC[C@@H]1CCCN1.OC[C@@H]1CCCN1c1nc(Cl)nc2c1CCN(Cc1ccccc1)C2. The zero-order chi connectivity index (χ0) is 76.3. The summed E-state index contributed by atoms with van der Waals surface area (Å²) >= 11 is 18.2. The maximum Gasteiger partial charge on any atom is 0.230 e. The molecule has 7 N–H and O–H groups in total. The Labute approximate surface area is 653 Å². The van der Waals surface area contributed by atoms with Gasteiger partial charge in [-0.15, -0.1) is 0 Å². The standard InChI is InChI=1S/C31H37N7O2.C19H23ClN4O.C14H13Cl2N3.C12H15N3O3.C5H11NO/c1-21-14-25(15-28(40-3)22(21)2)37-18-29(32-20-37)34-31-33-27-17-36(16-23-8-5-4-6-9-23)13-11-26(27)30(35-31)38-12-7-10-24(38)19-39;20-19-21-17-12-23(11-14-5-2-1-3-6-14)10-8-16(17)18(22-19)24-9-4-7-15(24)13-25;15-13-11-6-7-19(8-10-4-2-1-3-5-10)9-12(11)17-14(16)18-13;1-16-9-4-8(15-6-11(13)14-7-15)5-10(17-2)12(9)18-3;7-4-5-2-1-3-6-5/h4-6,8-9,14-15,18,20,24,39H,7,10-13,16-17,19H2,1-3H3,(H,33,34,35);1-3,5-6,15,25H,4,7-13H2;1-5H,6-9H2;4-7H,13H2,1-3H3;5-7H,1-4H2/t24-;15-;;;5-/m00..0/s1. The summed E-state index contributed by atoms with van der Waals surface area (Å²) in [6.07, 6.45) is 16.2. The molecule has 0 bridgehead atoms. The largest absolute Gasteiger partial charge is 0.496 e. The summed E-state index contributed by atoms with van der Waals surface area (Å²) < 4.78 is 25.1. The van der Waals surface area contributed by atoms with Crippen LogP contribution >= 0.6 is 34.8 Å². The van der Waals surface area contributed by atoms with E-state index in [9.17, 15) is 10.2 Å². The number of aromatic nitrogens is 10. The molecule has 0 amide bonds. The molecule has 10 aromatic rings. The molecule has 3 saturated heterocycles. The minimum absolute atomic E-state index is 0.0909. The van der Waals surface area contributed by atoms with E-state index >= 15 is 0 Å². The number of fused-ring (bicyclic) bond motifs is 3. The van der Waals surface area contributed by atoms with Crippen LogP contribution < -0.4 is 45.1 Å². The Kier molecular flexibility index (Phi) is 27.9. The number of methoxy groups -OCH3 is 4. The summed E-state index contributed by atoms with van der Waals surface area (Å²) in [5.74, 6) is 6.10. The molecule has 0 aliphatic carbocycles. The zero-order valence-electron chi connectivity index (χ0n) is 62.9. The lowest BCUT2D eigenvalue weighted by atomic mass is 10.0. The first-order valence-electron chi connectivity index (χ1n) is 37.2. The van der Waals surface area contributed by atoms with E-state index in [1.807, 2.05) is 41.1 Å². The number of imidazole rings is 2. The summed E-state index contributed by atoms with van der Waals surface area (Å²) in [6.45, 7) is 15.6. The van der Waals surface area contributed by atoms with Gasteiger partial charge in [-0.3, -0.25) is 14.7 Å². The Bertz CT molecular complexity index is 4570. The number of halogens is 3. The lowest BCUT2D eigenvalue weighted by Crippen LogP contribution is -2.37. The van der Waals surface area contributed by atoms with E-state index in [1.54, 1.807) is 51.9 Å². The molecule has 109 heavy (non-hydrogen) atoms. The first-order valence-corrected chi connectivity index (χ1v) is 38.3. The van der Waals surface area contributed by atoms with Crippen molar-refractivity contribution in [3.8, 4) is 34.4 Å². The molecule has 25 nitrogen and oxygen atoms in total. The predicted molar refractivity (Wildman–Crippen MR) is 427 cm³/mol. The van der Waals surface area contributed by atoms with E-state index in [0.29, 0.717) is 57.9 Å². The van der Waals surface area contributed by atoms with E-state index in [4.69, 9.17) is 74.6 Å². The molecule has 0 radical (unpaired) electrons. The van der Waals surface area contributed by atoms with Gasteiger partial charge in [-0.05, 0) is 135 Å². The van der Waals surface area contributed by atoms with Crippen molar-refractivity contribution in [1.29, 1.82) is 0 Å². The molecule has 5 aromatic carbocycles. The summed E-state index contributed by atoms with van der Waals surface area (Å²) in [5, 5.41) is 35.8. The van der Waals surface area contributed by atoms with Crippen molar-refractivity contribution in [2.24, 2.45) is 0 Å². The normalized spacial score (nSPS) is 17.4. The maximum absolute atomic E-state index is 10.1. The number of aliphatic hydroxyl groups excluding tert-OH is 3. The molecule has 3 fully saturated rings. The molecule has 576 valence electrons. The zero-order valence-corrected chi connectivity index (χ0v) is 65.1. The van der Waals surface area contributed by atoms with Crippen LogP contribution in [-0.2, 0) is 58.5 Å². The van der Waals surface area contributed by atoms with Gasteiger partial charge in [-0.1, -0.05) is 103 Å². The Morgan fingerprint density at radius 3 is 1.47 bits per heavy atom. The Morgan fingerprint density at radius 1 is 0.514 bits per heavy atom. The highest BCUT2D eigenvalue weighted by molar-refractivity contribution is 6.32. The second kappa shape index (κ2) is 38.4. The fourth-order valence-corrected chi connectivity index (χ4v) is 15.5. The van der Waals surface area contributed by atoms with Crippen LogP contribution in [0.1, 0.15) is 100 Å². The molecular formula is C81H99Cl3N18O7. The van der Waals surface area contributed by atoms with Gasteiger partial charge in [-0.2, -0.15) is 4.98 Å². The number of nitrogens with two attached hydrogens (primary N) is 1. The van der Waals surface area contributed by atoms with Crippen molar-refractivity contribution in [1.82, 2.24) is 69.0 Å². The highest BCUT2D eigenvalue weighted by Gasteiger charge is 2.34. The monoisotopic (exact) mass is 1540 g/mol. The number of ether oxygens (including phenoxy) is 4. The van der Waals surface area contributed by atoms with Crippen LogP contribution in [0.2, 0.25) is 15.7 Å². The van der Waals surface area contributed by atoms with Crippen molar-refractivity contribution in [2.45, 2.75) is 129 Å². The number of aryl methyl sites for hydroxylation is 1. The van der Waals surface area contributed by atoms with Crippen molar-refractivity contribution < 1.29 is 34.3 Å². The minimum atomic E-state index is 0.0909. The highest BCUT2D eigenvalue weighted by Crippen LogP contribution is 2.40. The number of benzene rings is 5. The van der Waals surface area contributed by atoms with Crippen LogP contribution in [0.3, 0.4) is 0 Å². The third kappa shape index (κ3) is 20.4. The number of hydrogen-bond donors (Lipinski definition) is 6. The topological polar surface area (TPSA) is 277 Å². The van der Waals surface area contributed by atoms with Crippen molar-refractivity contribution in [3.63, 3.8) is 0 Å². The third-order valence-corrected chi connectivity index (χ3v) is 21.3. The van der Waals surface area contributed by atoms with E-state index in [0.717, 1.165) is 192 Å².